The molecule has 0 amide bonds. The van der Waals surface area contributed by atoms with Crippen LogP contribution in [0.4, 0.5) is 0 Å². The molecular formula is CH2I2Ru. The molecule has 0 bridgehead atoms. The summed E-state index contributed by atoms with van der Waals surface area (Å²) < 4.78 is 0. The van der Waals surface area contributed by atoms with Gasteiger partial charge in [0, 0.05) is 0 Å². The molecule has 0 heterocycles. The number of rotatable bonds is 0. The van der Waals surface area contributed by atoms with Gasteiger partial charge in [0.15, 0.2) is 0 Å². The monoisotopic (exact) mass is 370 g/mol. The minimum atomic E-state index is -0.480. The molecule has 0 aromatic heterocycles. The molecule has 0 unspecified atom stereocenters. The Morgan fingerprint density at radius 2 is 1.50 bits per heavy atom. The molecule has 0 aliphatic carbocycles. The molecule has 0 nitrogen and oxygen atoms in total. The zero-order valence-corrected chi connectivity index (χ0v) is 7.87. The fraction of sp³-hybridized carbons (Fsp3) is 0. The van der Waals surface area contributed by atoms with Gasteiger partial charge in [-0.2, -0.15) is 0 Å². The Hall–Kier alpha value is 1.95. The molecule has 0 spiro atoms. The Kier molecular flexibility index (Phi) is 4.70. The van der Waals surface area contributed by atoms with Gasteiger partial charge in [-0.1, -0.05) is 0 Å². The molecule has 0 saturated carbocycles. The van der Waals surface area contributed by atoms with Crippen LogP contribution in [0.3, 0.4) is 0 Å². The predicted molar refractivity (Wildman–Crippen MR) is 35.2 cm³/mol. The van der Waals surface area contributed by atoms with Gasteiger partial charge in [0.25, 0.3) is 0 Å². The first kappa shape index (κ1) is 5.95. The van der Waals surface area contributed by atoms with Gasteiger partial charge in [0.2, 0.25) is 0 Å². The van der Waals surface area contributed by atoms with Crippen molar-refractivity contribution in [2.45, 2.75) is 0 Å². The van der Waals surface area contributed by atoms with Crippen LogP contribution in [0.2, 0.25) is 0 Å². The molecular weight excluding hydrogens is 367 g/mol. The van der Waals surface area contributed by atoms with Crippen molar-refractivity contribution in [1.29, 1.82) is 0 Å². The summed E-state index contributed by atoms with van der Waals surface area (Å²) in [5.74, 6) is 0. The van der Waals surface area contributed by atoms with Crippen LogP contribution in [0.1, 0.15) is 0 Å². The van der Waals surface area contributed by atoms with E-state index in [4.69, 9.17) is 0 Å². The van der Waals surface area contributed by atoms with Gasteiger partial charge in [-0.15, -0.1) is 0 Å². The molecule has 0 rings (SSSR count). The van der Waals surface area contributed by atoms with Crippen molar-refractivity contribution in [3.8, 4) is 0 Å². The fourth-order valence-corrected chi connectivity index (χ4v) is 0. The Labute approximate surface area is 52.1 Å². The summed E-state index contributed by atoms with van der Waals surface area (Å²) in [6.45, 7) is 0. The minimum absolute atomic E-state index is 0.480. The molecule has 3 heteroatoms. The second kappa shape index (κ2) is 3.16. The Bertz CT molecular complexity index is 29.0. The van der Waals surface area contributed by atoms with E-state index >= 15 is 0 Å². The second-order valence-electron chi connectivity index (χ2n) is 0.239. The molecule has 0 aliphatic rings. The zero-order valence-electron chi connectivity index (χ0n) is 1.82. The van der Waals surface area contributed by atoms with Crippen molar-refractivity contribution in [2.24, 2.45) is 0 Å². The van der Waals surface area contributed by atoms with Crippen molar-refractivity contribution in [2.75, 3.05) is 0 Å². The first-order chi connectivity index (χ1) is 1.73. The van der Waals surface area contributed by atoms with Gasteiger partial charge in [0.1, 0.15) is 0 Å². The number of halogens is 2. The molecule has 0 saturated heterocycles. The Morgan fingerprint density at radius 3 is 1.50 bits per heavy atom. The van der Waals surface area contributed by atoms with E-state index < -0.39 is 8.47 Å². The fourth-order valence-electron chi connectivity index (χ4n) is 0. The van der Waals surface area contributed by atoms with Crippen LogP contribution in [-0.4, -0.2) is 5.11 Å². The molecule has 0 radical (unpaired) electrons. The van der Waals surface area contributed by atoms with Gasteiger partial charge in [-0.3, -0.25) is 0 Å². The maximum absolute atomic E-state index is 3.76. The van der Waals surface area contributed by atoms with Crippen LogP contribution in [-0.2, 0) is 8.47 Å². The van der Waals surface area contributed by atoms with Gasteiger partial charge < -0.3 is 0 Å². The van der Waals surface area contributed by atoms with Crippen molar-refractivity contribution < 1.29 is 8.47 Å². The van der Waals surface area contributed by atoms with Gasteiger partial charge in [-0.05, 0) is 0 Å². The van der Waals surface area contributed by atoms with E-state index in [1.165, 1.54) is 0 Å². The van der Waals surface area contributed by atoms with E-state index in [0.29, 0.717) is 0 Å². The molecule has 0 aliphatic heterocycles. The summed E-state index contributed by atoms with van der Waals surface area (Å²) >= 11 is 4.72. The molecule has 28 valence electrons. The normalized spacial score (nSPS) is 11.0. The average molecular weight is 369 g/mol. The standard InChI is InChI=1S/CH2.2HI.Ru/h1H2;2*1H;/q;;;+2/p-2. The third-order valence-corrected chi connectivity index (χ3v) is 0. The number of hydrogen-bond acceptors (Lipinski definition) is 0. The molecule has 0 atom stereocenters. The maximum atomic E-state index is 3.76. The third-order valence-electron chi connectivity index (χ3n) is 0. The molecule has 0 aromatic carbocycles. The molecule has 0 aromatic rings. The van der Waals surface area contributed by atoms with Crippen molar-refractivity contribution in [3.05, 3.63) is 0 Å². The third kappa shape index (κ3) is 9.04. The second-order valence-corrected chi connectivity index (χ2v) is 20.9. The summed E-state index contributed by atoms with van der Waals surface area (Å²) in [5, 5.41) is 3.76. The quantitative estimate of drug-likeness (QED) is 0.451. The summed E-state index contributed by atoms with van der Waals surface area (Å²) in [4.78, 5) is 0. The SMILES string of the molecule is [CH2]=[Ru]([I])[I]. The average Bonchev–Trinajstić information content (AvgIpc) is 0.811. The molecule has 0 N–H and O–H groups in total. The van der Waals surface area contributed by atoms with Crippen LogP contribution >= 0.6 is 39.5 Å². The molecule has 0 fully saturated rings. The van der Waals surface area contributed by atoms with Crippen LogP contribution in [0.25, 0.3) is 0 Å². The summed E-state index contributed by atoms with van der Waals surface area (Å²) in [7, 11) is -0.480. The van der Waals surface area contributed by atoms with E-state index in [1.807, 2.05) is 0 Å². The Balaban J connectivity index is 2.80. The van der Waals surface area contributed by atoms with Crippen LogP contribution < -0.4 is 0 Å². The number of hydrogen-bond donors (Lipinski definition) is 0. The van der Waals surface area contributed by atoms with E-state index in [1.54, 1.807) is 0 Å². The van der Waals surface area contributed by atoms with E-state index in [0.717, 1.165) is 0 Å². The van der Waals surface area contributed by atoms with Gasteiger partial charge in [-0.25, -0.2) is 0 Å². The first-order valence-corrected chi connectivity index (χ1v) is 12.1. The summed E-state index contributed by atoms with van der Waals surface area (Å²) in [6, 6.07) is 0. The van der Waals surface area contributed by atoms with Crippen molar-refractivity contribution in [3.63, 3.8) is 0 Å². The van der Waals surface area contributed by atoms with Crippen LogP contribution in [0.15, 0.2) is 0 Å². The van der Waals surface area contributed by atoms with Crippen LogP contribution in [0.5, 0.6) is 0 Å². The summed E-state index contributed by atoms with van der Waals surface area (Å²) in [6.07, 6.45) is 0. The topological polar surface area (TPSA) is 0 Å². The first-order valence-electron chi connectivity index (χ1n) is 0.517. The predicted octanol–water partition coefficient (Wildman–Crippen LogP) is 1.74. The van der Waals surface area contributed by atoms with E-state index in [9.17, 15) is 0 Å². The van der Waals surface area contributed by atoms with Crippen molar-refractivity contribution >= 4 is 44.6 Å². The molecule has 4 heavy (non-hydrogen) atoms. The van der Waals surface area contributed by atoms with E-state index in [2.05, 4.69) is 44.6 Å². The van der Waals surface area contributed by atoms with Gasteiger partial charge >= 0.3 is 53.1 Å². The van der Waals surface area contributed by atoms with Crippen LogP contribution in [0, 0.1) is 0 Å². The van der Waals surface area contributed by atoms with Crippen molar-refractivity contribution in [1.82, 2.24) is 0 Å². The Morgan fingerprint density at radius 1 is 1.50 bits per heavy atom. The zero-order chi connectivity index (χ0) is 3.58. The van der Waals surface area contributed by atoms with E-state index in [-0.39, 0.29) is 0 Å². The van der Waals surface area contributed by atoms with Gasteiger partial charge in [0.05, 0.1) is 0 Å². The summed E-state index contributed by atoms with van der Waals surface area (Å²) in [5.41, 5.74) is 0.